The number of nitrogens with zero attached hydrogens (tertiary/aromatic N) is 1. The zero-order valence-corrected chi connectivity index (χ0v) is 12.4. The van der Waals surface area contributed by atoms with Crippen LogP contribution in [0.4, 0.5) is 0 Å². The monoisotopic (exact) mass is 295 g/mol. The van der Waals surface area contributed by atoms with Crippen molar-refractivity contribution in [1.29, 1.82) is 0 Å². The summed E-state index contributed by atoms with van der Waals surface area (Å²) in [5.74, 6) is 0. The van der Waals surface area contributed by atoms with E-state index in [2.05, 4.69) is 18.1 Å². The number of hydrogen-bond donors (Lipinski definition) is 1. The molecule has 0 saturated heterocycles. The van der Waals surface area contributed by atoms with Gasteiger partial charge in [-0.05, 0) is 24.3 Å². The Bertz CT molecular complexity index is 529. The number of nitrogens with one attached hydrogen (secondary N) is 1. The van der Waals surface area contributed by atoms with Gasteiger partial charge in [-0.1, -0.05) is 35.3 Å². The first kappa shape index (κ1) is 14.3. The second-order valence-electron chi connectivity index (χ2n) is 4.70. The highest BCUT2D eigenvalue weighted by Crippen LogP contribution is 2.22. The third kappa shape index (κ3) is 4.50. The highest BCUT2D eigenvalue weighted by atomic mass is 35.5. The Kier molecular flexibility index (Phi) is 5.20. The minimum absolute atomic E-state index is 0.608. The van der Waals surface area contributed by atoms with Crippen molar-refractivity contribution in [2.45, 2.75) is 13.0 Å². The number of benzene rings is 1. The largest absolute Gasteiger partial charge is 0.333 e. The van der Waals surface area contributed by atoms with Crippen LogP contribution in [-0.2, 0) is 13.0 Å². The van der Waals surface area contributed by atoms with Gasteiger partial charge < -0.3 is 4.90 Å². The van der Waals surface area contributed by atoms with Crippen LogP contribution < -0.4 is 4.90 Å². The Morgan fingerprint density at radius 1 is 1.11 bits per heavy atom. The first-order valence-electron chi connectivity index (χ1n) is 6.30. The molecule has 0 spiro atoms. The molecule has 100 valence electrons. The zero-order chi connectivity index (χ0) is 13.7. The number of rotatable bonds is 5. The van der Waals surface area contributed by atoms with Gasteiger partial charge in [0.15, 0.2) is 0 Å². The Hall–Kier alpha value is -1.09. The number of likely N-dealkylation sites (N-methyl/N-ethyl adjacent to an activating group) is 1. The fourth-order valence-corrected chi connectivity index (χ4v) is 2.29. The van der Waals surface area contributed by atoms with E-state index in [1.165, 1.54) is 10.5 Å². The van der Waals surface area contributed by atoms with E-state index >= 15 is 0 Å². The smallest absolute Gasteiger partial charge is 0.103 e. The van der Waals surface area contributed by atoms with E-state index in [0.717, 1.165) is 25.2 Å². The molecule has 0 saturated carbocycles. The third-order valence-corrected chi connectivity index (χ3v) is 3.76. The van der Waals surface area contributed by atoms with Crippen LogP contribution in [0.25, 0.3) is 0 Å². The molecule has 2 aromatic rings. The van der Waals surface area contributed by atoms with Gasteiger partial charge in [0.25, 0.3) is 0 Å². The van der Waals surface area contributed by atoms with Gasteiger partial charge in [0.1, 0.15) is 6.54 Å². The van der Waals surface area contributed by atoms with Gasteiger partial charge in [-0.15, -0.1) is 0 Å². The summed E-state index contributed by atoms with van der Waals surface area (Å²) in [6, 6.07) is 11.8. The number of hydrogen-bond acceptors (Lipinski definition) is 1. The molecule has 1 atom stereocenters. The molecule has 1 N–H and O–H groups in total. The predicted molar refractivity (Wildman–Crippen MR) is 79.9 cm³/mol. The molecule has 0 aliphatic rings. The summed E-state index contributed by atoms with van der Waals surface area (Å²) in [5.41, 5.74) is 2.34. The van der Waals surface area contributed by atoms with Gasteiger partial charge in [-0.25, -0.2) is 0 Å². The van der Waals surface area contributed by atoms with E-state index < -0.39 is 0 Å². The van der Waals surface area contributed by atoms with E-state index in [1.807, 2.05) is 36.5 Å². The molecular weight excluding hydrogens is 279 g/mol. The van der Waals surface area contributed by atoms with Crippen LogP contribution in [0.3, 0.4) is 0 Å². The summed E-state index contributed by atoms with van der Waals surface area (Å²) in [6.07, 6.45) is 2.82. The van der Waals surface area contributed by atoms with Crippen molar-refractivity contribution >= 4 is 23.2 Å². The van der Waals surface area contributed by atoms with Crippen molar-refractivity contribution in [2.24, 2.45) is 0 Å². The summed E-state index contributed by atoms with van der Waals surface area (Å²) >= 11 is 11.9. The van der Waals surface area contributed by atoms with Crippen LogP contribution in [0.5, 0.6) is 0 Å². The van der Waals surface area contributed by atoms with Crippen LogP contribution in [-0.4, -0.2) is 18.6 Å². The highest BCUT2D eigenvalue weighted by Gasteiger charge is 2.06. The van der Waals surface area contributed by atoms with Crippen LogP contribution in [0.15, 0.2) is 42.6 Å². The molecule has 19 heavy (non-hydrogen) atoms. The summed E-state index contributed by atoms with van der Waals surface area (Å²) in [4.78, 5) is 5.75. The Morgan fingerprint density at radius 2 is 1.95 bits per heavy atom. The SMILES string of the molecule is C[NH+](CCc1ccccn1)Cc1ccc(Cl)c(Cl)c1. The maximum atomic E-state index is 6.02. The Labute approximate surface area is 124 Å². The summed E-state index contributed by atoms with van der Waals surface area (Å²) in [6.45, 7) is 1.97. The quantitative estimate of drug-likeness (QED) is 0.898. The molecule has 0 aliphatic heterocycles. The molecular formula is C15H17Cl2N2+. The van der Waals surface area contributed by atoms with Crippen molar-refractivity contribution in [2.75, 3.05) is 13.6 Å². The number of pyridine rings is 1. The van der Waals surface area contributed by atoms with Crippen molar-refractivity contribution in [3.05, 3.63) is 63.9 Å². The fourth-order valence-electron chi connectivity index (χ4n) is 1.97. The zero-order valence-electron chi connectivity index (χ0n) is 10.9. The number of quaternary nitrogens is 1. The maximum absolute atomic E-state index is 6.02. The van der Waals surface area contributed by atoms with Crippen LogP contribution >= 0.6 is 23.2 Å². The molecule has 0 fully saturated rings. The van der Waals surface area contributed by atoms with E-state index in [4.69, 9.17) is 23.2 Å². The molecule has 2 nitrogen and oxygen atoms in total. The third-order valence-electron chi connectivity index (χ3n) is 3.02. The maximum Gasteiger partial charge on any atom is 0.103 e. The molecule has 4 heteroatoms. The van der Waals surface area contributed by atoms with E-state index in [9.17, 15) is 0 Å². The topological polar surface area (TPSA) is 17.3 Å². The second kappa shape index (κ2) is 6.90. The normalized spacial score (nSPS) is 12.4. The predicted octanol–water partition coefficient (Wildman–Crippen LogP) is 2.65. The fraction of sp³-hybridized carbons (Fsp3) is 0.267. The summed E-state index contributed by atoms with van der Waals surface area (Å²) < 4.78 is 0. The molecule has 1 heterocycles. The Balaban J connectivity index is 1.87. The lowest BCUT2D eigenvalue weighted by Crippen LogP contribution is -3.07. The average molecular weight is 296 g/mol. The molecule has 1 unspecified atom stereocenters. The summed E-state index contributed by atoms with van der Waals surface area (Å²) in [7, 11) is 2.17. The first-order chi connectivity index (χ1) is 9.15. The van der Waals surface area contributed by atoms with Gasteiger partial charge in [0.05, 0.1) is 23.6 Å². The van der Waals surface area contributed by atoms with Crippen LogP contribution in [0.2, 0.25) is 10.0 Å². The van der Waals surface area contributed by atoms with Crippen molar-refractivity contribution in [1.82, 2.24) is 4.98 Å². The number of halogens is 2. The van der Waals surface area contributed by atoms with Crippen molar-refractivity contribution in [3.63, 3.8) is 0 Å². The lowest BCUT2D eigenvalue weighted by molar-refractivity contribution is -0.893. The standard InChI is InChI=1S/C15H16Cl2N2/c1-19(9-7-13-4-2-3-8-18-13)11-12-5-6-14(16)15(17)10-12/h2-6,8,10H,7,9,11H2,1H3/p+1. The van der Waals surface area contributed by atoms with E-state index in [-0.39, 0.29) is 0 Å². The van der Waals surface area contributed by atoms with Crippen molar-refractivity contribution in [3.8, 4) is 0 Å². The van der Waals surface area contributed by atoms with E-state index in [1.54, 1.807) is 0 Å². The molecule has 1 aromatic heterocycles. The molecule has 0 radical (unpaired) electrons. The second-order valence-corrected chi connectivity index (χ2v) is 5.52. The minimum atomic E-state index is 0.608. The Morgan fingerprint density at radius 3 is 2.63 bits per heavy atom. The average Bonchev–Trinajstić information content (AvgIpc) is 2.42. The van der Waals surface area contributed by atoms with Gasteiger partial charge in [-0.3, -0.25) is 4.98 Å². The van der Waals surface area contributed by atoms with Gasteiger partial charge >= 0.3 is 0 Å². The molecule has 0 amide bonds. The summed E-state index contributed by atoms with van der Waals surface area (Å²) in [5, 5.41) is 1.23. The molecule has 1 aromatic carbocycles. The number of aromatic nitrogens is 1. The lowest BCUT2D eigenvalue weighted by Gasteiger charge is -2.14. The molecule has 2 rings (SSSR count). The van der Waals surface area contributed by atoms with E-state index in [0.29, 0.717) is 10.0 Å². The van der Waals surface area contributed by atoms with Crippen molar-refractivity contribution < 1.29 is 4.90 Å². The van der Waals surface area contributed by atoms with Gasteiger partial charge in [0, 0.05) is 23.9 Å². The van der Waals surface area contributed by atoms with Crippen LogP contribution in [0, 0.1) is 0 Å². The highest BCUT2D eigenvalue weighted by molar-refractivity contribution is 6.42. The lowest BCUT2D eigenvalue weighted by atomic mass is 10.2. The van der Waals surface area contributed by atoms with Gasteiger partial charge in [-0.2, -0.15) is 0 Å². The van der Waals surface area contributed by atoms with Crippen LogP contribution in [0.1, 0.15) is 11.3 Å². The minimum Gasteiger partial charge on any atom is -0.333 e. The van der Waals surface area contributed by atoms with Gasteiger partial charge in [0.2, 0.25) is 0 Å². The molecule has 0 bridgehead atoms. The first-order valence-corrected chi connectivity index (χ1v) is 7.06. The molecule has 0 aliphatic carbocycles.